The Morgan fingerprint density at radius 3 is 2.53 bits per heavy atom. The van der Waals surface area contributed by atoms with E-state index in [0.717, 1.165) is 5.56 Å². The van der Waals surface area contributed by atoms with Crippen LogP contribution < -0.4 is 19.7 Å². The molecule has 1 aromatic heterocycles. The number of hydrogen-bond acceptors (Lipinski definition) is 7. The summed E-state index contributed by atoms with van der Waals surface area (Å²) in [5, 5.41) is 12.7. The van der Waals surface area contributed by atoms with Crippen molar-refractivity contribution in [1.82, 2.24) is 0 Å². The van der Waals surface area contributed by atoms with E-state index in [4.69, 9.17) is 13.9 Å². The van der Waals surface area contributed by atoms with Crippen LogP contribution in [0.5, 0.6) is 11.5 Å². The lowest BCUT2D eigenvalue weighted by atomic mass is 9.79. The fourth-order valence-electron chi connectivity index (χ4n) is 5.26. The zero-order valence-corrected chi connectivity index (χ0v) is 21.1. The molecule has 5 rings (SSSR count). The number of para-hydroxylation sites is 2. The number of fused-ring (bicyclic) bond motifs is 1. The summed E-state index contributed by atoms with van der Waals surface area (Å²) in [6, 6.07) is 15.5. The number of nitrogens with one attached hydrogen (secondary N) is 1. The van der Waals surface area contributed by atoms with Crippen LogP contribution in [0, 0.1) is 0 Å². The molecule has 0 spiro atoms. The highest BCUT2D eigenvalue weighted by Crippen LogP contribution is 2.48. The second-order valence-electron chi connectivity index (χ2n) is 9.25. The largest absolute Gasteiger partial charge is 0.493 e. The number of amides is 1. The third-order valence-electron chi connectivity index (χ3n) is 7.00. The topological polar surface area (TPSA) is 118 Å². The molecule has 9 heteroatoms. The number of carbonyl (C=O) groups is 3. The van der Waals surface area contributed by atoms with Crippen molar-refractivity contribution in [3.05, 3.63) is 83.5 Å². The molecule has 2 aliphatic rings. The SMILES string of the molecule is COc1ccc([C@@H]2CC(=O)C3=C(C2)Nc2ccccc2N(C(=O)CCC(=O)O)[C@@H]3c2ccco2)cc1OC. The molecule has 9 nitrogen and oxygen atoms in total. The number of ketones is 1. The number of Topliss-reactive ketones (excluding diaryl/α,β-unsaturated/α-hetero) is 1. The normalized spacial score (nSPS) is 18.7. The minimum Gasteiger partial charge on any atom is -0.493 e. The van der Waals surface area contributed by atoms with E-state index in [1.165, 1.54) is 11.2 Å². The fourth-order valence-corrected chi connectivity index (χ4v) is 5.26. The third kappa shape index (κ3) is 4.63. The van der Waals surface area contributed by atoms with Gasteiger partial charge in [0.1, 0.15) is 11.8 Å². The number of benzene rings is 2. The maximum absolute atomic E-state index is 13.9. The number of nitrogens with zero attached hydrogens (tertiary/aromatic N) is 1. The van der Waals surface area contributed by atoms with E-state index in [0.29, 0.717) is 46.3 Å². The number of rotatable bonds is 7. The molecule has 0 fully saturated rings. The van der Waals surface area contributed by atoms with Crippen LogP contribution in [-0.2, 0) is 14.4 Å². The first-order valence-electron chi connectivity index (χ1n) is 12.3. The molecular weight excluding hydrogens is 488 g/mol. The maximum atomic E-state index is 13.9. The second kappa shape index (κ2) is 10.5. The first kappa shape index (κ1) is 25.1. The number of carboxylic acid groups (broad SMARTS) is 1. The lowest BCUT2D eigenvalue weighted by molar-refractivity contribution is -0.138. The van der Waals surface area contributed by atoms with Gasteiger partial charge in [-0.05, 0) is 54.3 Å². The summed E-state index contributed by atoms with van der Waals surface area (Å²) in [5.41, 5.74) is 3.28. The molecule has 3 aromatic rings. The number of aliphatic carboxylic acids is 1. The Balaban J connectivity index is 1.62. The molecule has 1 aliphatic carbocycles. The predicted molar refractivity (Wildman–Crippen MR) is 139 cm³/mol. The number of carboxylic acids is 1. The van der Waals surface area contributed by atoms with Crippen LogP contribution in [0.1, 0.15) is 49.0 Å². The Morgan fingerprint density at radius 2 is 1.82 bits per heavy atom. The van der Waals surface area contributed by atoms with Crippen LogP contribution in [-0.4, -0.2) is 37.0 Å². The Labute approximate surface area is 219 Å². The molecule has 0 unspecified atom stereocenters. The third-order valence-corrected chi connectivity index (χ3v) is 7.00. The van der Waals surface area contributed by atoms with E-state index in [1.807, 2.05) is 30.3 Å². The summed E-state index contributed by atoms with van der Waals surface area (Å²) in [4.78, 5) is 40.2. The van der Waals surface area contributed by atoms with Gasteiger partial charge in [0.05, 0.1) is 38.3 Å². The number of methoxy groups -OCH3 is 2. The Kier molecular flexibility index (Phi) is 6.91. The highest BCUT2D eigenvalue weighted by Gasteiger charge is 2.42. The molecule has 0 saturated carbocycles. The van der Waals surface area contributed by atoms with Gasteiger partial charge in [-0.25, -0.2) is 0 Å². The number of hydrogen-bond donors (Lipinski definition) is 2. The first-order valence-corrected chi connectivity index (χ1v) is 12.3. The van der Waals surface area contributed by atoms with Gasteiger partial charge in [0.2, 0.25) is 5.91 Å². The second-order valence-corrected chi connectivity index (χ2v) is 9.25. The highest BCUT2D eigenvalue weighted by atomic mass is 16.5. The molecule has 38 heavy (non-hydrogen) atoms. The highest BCUT2D eigenvalue weighted by molar-refractivity contribution is 6.06. The predicted octanol–water partition coefficient (Wildman–Crippen LogP) is 5.06. The Hall–Kier alpha value is -4.53. The van der Waals surface area contributed by atoms with Crippen LogP contribution in [0.2, 0.25) is 0 Å². The van der Waals surface area contributed by atoms with E-state index < -0.39 is 17.9 Å². The molecule has 0 radical (unpaired) electrons. The van der Waals surface area contributed by atoms with Crippen LogP contribution in [0.15, 0.2) is 76.5 Å². The lowest BCUT2D eigenvalue weighted by Crippen LogP contribution is -2.38. The molecule has 196 valence electrons. The van der Waals surface area contributed by atoms with Gasteiger partial charge in [-0.2, -0.15) is 0 Å². The van der Waals surface area contributed by atoms with E-state index in [1.54, 1.807) is 38.5 Å². The maximum Gasteiger partial charge on any atom is 0.303 e. The zero-order valence-electron chi connectivity index (χ0n) is 21.1. The number of anilines is 2. The number of carbonyl (C=O) groups excluding carboxylic acids is 2. The van der Waals surface area contributed by atoms with Crippen molar-refractivity contribution in [3.63, 3.8) is 0 Å². The van der Waals surface area contributed by atoms with Crippen molar-refractivity contribution in [3.8, 4) is 11.5 Å². The smallest absolute Gasteiger partial charge is 0.303 e. The average molecular weight is 517 g/mol. The summed E-state index contributed by atoms with van der Waals surface area (Å²) < 4.78 is 16.6. The quantitative estimate of drug-likeness (QED) is 0.447. The number of furan rings is 1. The van der Waals surface area contributed by atoms with Crippen molar-refractivity contribution in [1.29, 1.82) is 0 Å². The van der Waals surface area contributed by atoms with Gasteiger partial charge in [-0.1, -0.05) is 18.2 Å². The molecule has 0 bridgehead atoms. The molecule has 1 aliphatic heterocycles. The minimum atomic E-state index is -1.07. The summed E-state index contributed by atoms with van der Waals surface area (Å²) in [7, 11) is 3.14. The van der Waals surface area contributed by atoms with Gasteiger partial charge >= 0.3 is 5.97 Å². The average Bonchev–Trinajstić information content (AvgIpc) is 3.40. The van der Waals surface area contributed by atoms with Crippen molar-refractivity contribution in [2.45, 2.75) is 37.6 Å². The standard InChI is InChI=1S/C29H28N2O7/c1-36-23-10-9-17(16-25(23)37-2)18-14-20-28(22(32)15-18)29(24-8-5-13-38-24)31(26(33)11-12-27(34)35)21-7-4-3-6-19(21)30-20/h3-10,13,16,18,29-30H,11-12,14-15H2,1-2H3,(H,34,35)/t18-,29+/m0/s1. The van der Waals surface area contributed by atoms with E-state index in [-0.39, 0.29) is 31.0 Å². The molecule has 2 aromatic carbocycles. The van der Waals surface area contributed by atoms with Gasteiger partial charge in [-0.15, -0.1) is 0 Å². The van der Waals surface area contributed by atoms with E-state index >= 15 is 0 Å². The number of ether oxygens (including phenoxy) is 2. The van der Waals surface area contributed by atoms with Crippen LogP contribution in [0.3, 0.4) is 0 Å². The van der Waals surface area contributed by atoms with Crippen molar-refractivity contribution < 1.29 is 33.4 Å². The van der Waals surface area contributed by atoms with Gasteiger partial charge in [0.15, 0.2) is 17.3 Å². The van der Waals surface area contributed by atoms with E-state index in [2.05, 4.69) is 5.32 Å². The molecule has 2 heterocycles. The fraction of sp³-hybridized carbons (Fsp3) is 0.276. The molecule has 1 amide bonds. The number of allylic oxidation sites excluding steroid dienone is 1. The van der Waals surface area contributed by atoms with E-state index in [9.17, 15) is 19.5 Å². The van der Waals surface area contributed by atoms with Crippen molar-refractivity contribution >= 4 is 29.0 Å². The molecule has 2 atom stereocenters. The molecular formula is C29H28N2O7. The summed E-state index contributed by atoms with van der Waals surface area (Å²) in [6.45, 7) is 0. The minimum absolute atomic E-state index is 0.122. The summed E-state index contributed by atoms with van der Waals surface area (Å²) >= 11 is 0. The summed E-state index contributed by atoms with van der Waals surface area (Å²) in [5.74, 6) is -0.117. The van der Waals surface area contributed by atoms with Gasteiger partial charge in [0.25, 0.3) is 0 Å². The monoisotopic (exact) mass is 516 g/mol. The first-order chi connectivity index (χ1) is 18.4. The van der Waals surface area contributed by atoms with Crippen LogP contribution in [0.4, 0.5) is 11.4 Å². The van der Waals surface area contributed by atoms with Gasteiger partial charge < -0.3 is 24.3 Å². The van der Waals surface area contributed by atoms with Crippen LogP contribution in [0.25, 0.3) is 0 Å². The van der Waals surface area contributed by atoms with Crippen LogP contribution >= 0.6 is 0 Å². The zero-order chi connectivity index (χ0) is 26.8. The Bertz CT molecular complexity index is 1410. The lowest BCUT2D eigenvalue weighted by Gasteiger charge is -2.33. The molecule has 2 N–H and O–H groups in total. The van der Waals surface area contributed by atoms with Gasteiger partial charge in [-0.3, -0.25) is 19.3 Å². The summed E-state index contributed by atoms with van der Waals surface area (Å²) in [6.07, 6.45) is 1.70. The van der Waals surface area contributed by atoms with Crippen molar-refractivity contribution in [2.75, 3.05) is 24.4 Å². The van der Waals surface area contributed by atoms with Crippen molar-refractivity contribution in [2.24, 2.45) is 0 Å². The van der Waals surface area contributed by atoms with Gasteiger partial charge in [0, 0.05) is 24.1 Å². The Morgan fingerprint density at radius 1 is 1.03 bits per heavy atom. The molecule has 0 saturated heterocycles.